The zero-order valence-electron chi connectivity index (χ0n) is 33.6. The molecule has 0 spiro atoms. The van der Waals surface area contributed by atoms with E-state index in [0.717, 1.165) is 0 Å². The highest BCUT2D eigenvalue weighted by Crippen LogP contribution is 2.48. The lowest BCUT2D eigenvalue weighted by Gasteiger charge is -2.37. The van der Waals surface area contributed by atoms with Crippen LogP contribution in [0.5, 0.6) is 0 Å². The minimum atomic E-state index is -1.01. The lowest BCUT2D eigenvalue weighted by Crippen LogP contribution is -2.35. The van der Waals surface area contributed by atoms with Crippen molar-refractivity contribution in [2.75, 3.05) is 0 Å². The summed E-state index contributed by atoms with van der Waals surface area (Å²) in [6, 6.07) is 15.1. The van der Waals surface area contributed by atoms with E-state index in [9.17, 15) is 0 Å². The molecule has 0 aromatic heterocycles. The first kappa shape index (κ1) is 37.6. The summed E-state index contributed by atoms with van der Waals surface area (Å²) in [5, 5.41) is 4.68. The molecule has 0 bridgehead atoms. The molecule has 3 aliphatic rings. The van der Waals surface area contributed by atoms with Crippen LogP contribution in [0.4, 0.5) is 0 Å². The monoisotopic (exact) mass is 700 g/mol. The normalized spacial score (nSPS) is 14.7. The summed E-state index contributed by atoms with van der Waals surface area (Å²) < 4.78 is 0. The van der Waals surface area contributed by atoms with Gasteiger partial charge in [0.25, 0.3) is 0 Å². The summed E-state index contributed by atoms with van der Waals surface area (Å²) in [4.78, 5) is 0. The highest BCUT2D eigenvalue weighted by molar-refractivity contribution is 7.80. The molecule has 0 N–H and O–H groups in total. The Kier molecular flexibility index (Phi) is 11.2. The number of benzene rings is 3. The maximum Gasteiger partial charge on any atom is 0.0237 e. The van der Waals surface area contributed by atoms with Crippen molar-refractivity contribution < 1.29 is 0 Å². The zero-order chi connectivity index (χ0) is 37.4. The zero-order valence-corrected chi connectivity index (χ0v) is 34.5. The van der Waals surface area contributed by atoms with Crippen molar-refractivity contribution in [1.82, 2.24) is 0 Å². The first-order valence-corrected chi connectivity index (χ1v) is 20.9. The highest BCUT2D eigenvalue weighted by Gasteiger charge is 2.35. The molecular weight excluding hydrogens is 644 g/mol. The Morgan fingerprint density at radius 2 is 0.558 bits per heavy atom. The third-order valence-electron chi connectivity index (χ3n) is 10.6. The van der Waals surface area contributed by atoms with E-state index >= 15 is 0 Å². The fourth-order valence-corrected chi connectivity index (χ4v) is 11.9. The quantitative estimate of drug-likeness (QED) is 0.130. The van der Waals surface area contributed by atoms with E-state index in [1.54, 1.807) is 15.9 Å². The largest absolute Gasteiger partial charge is 0.112 e. The minimum absolute atomic E-state index is 0.346. The molecule has 0 aliphatic heterocycles. The molecule has 0 unspecified atom stereocenters. The predicted molar refractivity (Wildman–Crippen MR) is 232 cm³/mol. The van der Waals surface area contributed by atoms with E-state index in [0.29, 0.717) is 35.5 Å². The van der Waals surface area contributed by atoms with Gasteiger partial charge in [-0.25, -0.2) is 0 Å². The van der Waals surface area contributed by atoms with Crippen molar-refractivity contribution in [3.8, 4) is 0 Å². The Morgan fingerprint density at radius 3 is 0.712 bits per heavy atom. The second-order valence-electron chi connectivity index (χ2n) is 16.5. The van der Waals surface area contributed by atoms with E-state index in [4.69, 9.17) is 0 Å². The molecule has 0 nitrogen and oxygen atoms in total. The van der Waals surface area contributed by atoms with Crippen LogP contribution in [0.1, 0.15) is 169 Å². The topological polar surface area (TPSA) is 0 Å². The highest BCUT2D eigenvalue weighted by atomic mass is 31.1. The first-order valence-electron chi connectivity index (χ1n) is 19.5. The minimum Gasteiger partial charge on any atom is -0.112 e. The summed E-state index contributed by atoms with van der Waals surface area (Å²) >= 11 is 0. The van der Waals surface area contributed by atoms with Crippen molar-refractivity contribution in [2.24, 2.45) is 0 Å². The van der Waals surface area contributed by atoms with Crippen LogP contribution in [0.25, 0.3) is 16.7 Å². The standard InChI is InChI=1S/C51H57P/c1-31(2)43-25-40(37-19-13-14-20-37)26-44(32(3)4)49(43)52(50-45(33(5)6)27-41(28-46(50)34(7)8)38-21-15-16-22-38)51-47(35(9)10)29-42(30-48(51)36(11)12)39-23-17-18-24-39/h13-19,21,23,25-36H,1-12H3. The van der Waals surface area contributed by atoms with Crippen LogP contribution in [0.3, 0.4) is 0 Å². The summed E-state index contributed by atoms with van der Waals surface area (Å²) in [6.45, 7) is 28.8. The molecule has 3 aromatic rings. The van der Waals surface area contributed by atoms with Gasteiger partial charge in [0.2, 0.25) is 0 Å². The summed E-state index contributed by atoms with van der Waals surface area (Å²) in [5.74, 6) is 2.08. The van der Waals surface area contributed by atoms with Crippen LogP contribution in [0, 0.1) is 0 Å². The van der Waals surface area contributed by atoms with Gasteiger partial charge in [-0.1, -0.05) is 101 Å². The smallest absolute Gasteiger partial charge is 0.0237 e. The molecule has 3 aromatic carbocycles. The molecule has 0 heterocycles. The van der Waals surface area contributed by atoms with Crippen molar-refractivity contribution in [3.05, 3.63) is 158 Å². The van der Waals surface area contributed by atoms with E-state index in [1.807, 2.05) is 18.2 Å². The second kappa shape index (κ2) is 15.5. The van der Waals surface area contributed by atoms with Gasteiger partial charge in [-0.2, -0.15) is 0 Å². The Labute approximate surface area is 316 Å². The average molecular weight is 701 g/mol. The first-order chi connectivity index (χ1) is 24.8. The predicted octanol–water partition coefficient (Wildman–Crippen LogP) is 13.5. The van der Waals surface area contributed by atoms with E-state index in [1.165, 1.54) is 66.8 Å². The third kappa shape index (κ3) is 7.25. The molecular formula is C51H57P. The van der Waals surface area contributed by atoms with E-state index in [-0.39, 0.29) is 0 Å². The summed E-state index contributed by atoms with van der Waals surface area (Å²) in [6.07, 6.45) is 19.1. The Hall–Kier alpha value is -4.13. The summed E-state index contributed by atoms with van der Waals surface area (Å²) in [7, 11) is -1.01. The number of hydrogen-bond acceptors (Lipinski definition) is 0. The van der Waals surface area contributed by atoms with E-state index in [2.05, 4.69) is 173 Å². The van der Waals surface area contributed by atoms with Gasteiger partial charge in [0.15, 0.2) is 0 Å². The van der Waals surface area contributed by atoms with Crippen molar-refractivity contribution >= 4 is 40.6 Å². The molecule has 0 atom stereocenters. The fraction of sp³-hybridized carbons (Fsp3) is 0.353. The second-order valence-corrected chi connectivity index (χ2v) is 18.5. The lowest BCUT2D eigenvalue weighted by atomic mass is 9.90. The fourth-order valence-electron chi connectivity index (χ4n) is 7.79. The Morgan fingerprint density at radius 1 is 0.346 bits per heavy atom. The van der Waals surface area contributed by atoms with Gasteiger partial charge in [-0.3, -0.25) is 0 Å². The van der Waals surface area contributed by atoms with Crippen molar-refractivity contribution in [2.45, 2.75) is 119 Å². The molecule has 0 amide bonds. The molecule has 266 valence electrons. The molecule has 0 saturated carbocycles. The number of rotatable bonds is 12. The average Bonchev–Trinajstić information content (AvgIpc) is 3.92. The maximum absolute atomic E-state index is 3.53. The van der Waals surface area contributed by atoms with Gasteiger partial charge in [0.05, 0.1) is 0 Å². The molecule has 0 radical (unpaired) electrons. The Balaban J connectivity index is 1.85. The van der Waals surface area contributed by atoms with Gasteiger partial charge < -0.3 is 0 Å². The molecule has 3 aliphatic carbocycles. The number of hydrogen-bond donors (Lipinski definition) is 0. The van der Waals surface area contributed by atoms with Crippen LogP contribution in [-0.2, 0) is 0 Å². The van der Waals surface area contributed by atoms with Crippen LogP contribution < -0.4 is 15.9 Å². The molecule has 0 fully saturated rings. The van der Waals surface area contributed by atoms with Crippen LogP contribution >= 0.6 is 7.92 Å². The van der Waals surface area contributed by atoms with Gasteiger partial charge in [-0.05, 0) is 182 Å². The third-order valence-corrected chi connectivity index (χ3v) is 13.5. The maximum atomic E-state index is 3.53. The van der Waals surface area contributed by atoms with Crippen LogP contribution in [0.15, 0.2) is 108 Å². The van der Waals surface area contributed by atoms with E-state index < -0.39 is 7.92 Å². The molecule has 0 saturated heterocycles. The molecule has 6 rings (SSSR count). The van der Waals surface area contributed by atoms with Gasteiger partial charge in [-0.15, -0.1) is 17.2 Å². The number of allylic oxidation sites excluding steroid dienone is 9. The van der Waals surface area contributed by atoms with Gasteiger partial charge in [0, 0.05) is 16.7 Å². The molecule has 1 heteroatoms. The Bertz CT molecular complexity index is 1860. The SMILES string of the molecule is CC(C)c1cc(C2=C=CC=C2)cc(C(C)C)c1P(c1c(C(C)C)cc(C2=C=CC=C2)cc1C(C)C)c1c(C(C)C)cc(C2=C=CC=C2)cc1C(C)C. The van der Waals surface area contributed by atoms with Crippen molar-refractivity contribution in [3.63, 3.8) is 0 Å². The van der Waals surface area contributed by atoms with Gasteiger partial charge >= 0.3 is 0 Å². The lowest BCUT2D eigenvalue weighted by molar-refractivity contribution is 0.839. The molecule has 52 heavy (non-hydrogen) atoms. The van der Waals surface area contributed by atoms with Gasteiger partial charge in [0.1, 0.15) is 0 Å². The van der Waals surface area contributed by atoms with Crippen LogP contribution in [0.2, 0.25) is 0 Å². The summed E-state index contributed by atoms with van der Waals surface area (Å²) in [5.41, 5.74) is 26.8. The van der Waals surface area contributed by atoms with Crippen molar-refractivity contribution in [1.29, 1.82) is 0 Å². The van der Waals surface area contributed by atoms with Crippen LogP contribution in [-0.4, -0.2) is 0 Å².